The van der Waals surface area contributed by atoms with E-state index >= 15 is 0 Å². The minimum absolute atomic E-state index is 0.00614. The molecule has 0 spiro atoms. The fraction of sp³-hybridized carbons (Fsp3) is 0.735. The number of carbonyl (C=O) groups is 1. The van der Waals surface area contributed by atoms with Crippen LogP contribution in [0, 0.1) is 17.8 Å². The van der Waals surface area contributed by atoms with E-state index in [1.807, 2.05) is 0 Å². The number of rotatable bonds is 13. The van der Waals surface area contributed by atoms with Gasteiger partial charge in [0.25, 0.3) is 0 Å². The van der Waals surface area contributed by atoms with Crippen molar-refractivity contribution < 1.29 is 58.8 Å². The van der Waals surface area contributed by atoms with E-state index in [0.717, 1.165) is 12.8 Å². The molecule has 7 N–H and O–H groups in total. The molecule has 47 heavy (non-hydrogen) atoms. The smallest absolute Gasteiger partial charge is 0.306 e. The SMILES string of the molecule is CCOC(=O)CCc1cc2ccoc2c(OCCNC2CCCC2)c1O[C@H]1O[C@H](CO)[C@]2(O)C[C@@H]3CC[C@@H](O)[C@H](CO)[C@@H]3[C@]1(O)[C@H]2O. The fourth-order valence-corrected chi connectivity index (χ4v) is 8.65. The van der Waals surface area contributed by atoms with Crippen molar-refractivity contribution in [2.24, 2.45) is 17.8 Å². The van der Waals surface area contributed by atoms with Gasteiger partial charge in [0.05, 0.1) is 25.6 Å². The predicted octanol–water partition coefficient (Wildman–Crippen LogP) is 1.16. The maximum Gasteiger partial charge on any atom is 0.306 e. The summed E-state index contributed by atoms with van der Waals surface area (Å²) in [6.45, 7) is 1.58. The lowest BCUT2D eigenvalue weighted by Crippen LogP contribution is -2.81. The number of ether oxygens (including phenoxy) is 4. The molecule has 2 heterocycles. The fourth-order valence-electron chi connectivity index (χ4n) is 8.65. The van der Waals surface area contributed by atoms with Crippen molar-refractivity contribution >= 4 is 16.9 Å². The highest BCUT2D eigenvalue weighted by Crippen LogP contribution is 2.58. The number of aliphatic hydroxyl groups is 6. The molecule has 13 nitrogen and oxygen atoms in total. The first-order valence-electron chi connectivity index (χ1n) is 17.0. The van der Waals surface area contributed by atoms with Crippen LogP contribution < -0.4 is 14.8 Å². The van der Waals surface area contributed by atoms with Gasteiger partial charge >= 0.3 is 5.97 Å². The molecular formula is C34H49NO12. The standard InChI is InChI=1S/C34H49NO12/c1-2-43-26(39)10-8-19-15-20-11-13-44-28(20)30(45-14-12-35-22-5-3-4-6-22)29(19)47-32-34(42)27-21(7-9-24(38)23(27)17-36)16-33(41,31(34)40)25(18-37)46-32/h11,13,15,21-25,27,31-32,35-38,40-42H,2-10,12,14,16-18H2,1H3/t21-,23-,24+,25+,27+,31-,32+,33+,34-/m0/s1. The molecule has 2 aromatic rings. The van der Waals surface area contributed by atoms with Crippen molar-refractivity contribution in [1.82, 2.24) is 5.32 Å². The van der Waals surface area contributed by atoms with Gasteiger partial charge in [0.1, 0.15) is 24.4 Å². The van der Waals surface area contributed by atoms with Crippen LogP contribution >= 0.6 is 0 Å². The van der Waals surface area contributed by atoms with Gasteiger partial charge < -0.3 is 59.3 Å². The van der Waals surface area contributed by atoms with Crippen molar-refractivity contribution in [2.75, 3.05) is 33.0 Å². The Labute approximate surface area is 273 Å². The summed E-state index contributed by atoms with van der Waals surface area (Å²) in [5.41, 5.74) is -3.46. The zero-order valence-electron chi connectivity index (χ0n) is 26.9. The van der Waals surface area contributed by atoms with Crippen LogP contribution in [0.3, 0.4) is 0 Å². The molecule has 3 aliphatic carbocycles. The van der Waals surface area contributed by atoms with Gasteiger partial charge in [-0.15, -0.1) is 0 Å². The summed E-state index contributed by atoms with van der Waals surface area (Å²) in [4.78, 5) is 12.4. The number of esters is 1. The van der Waals surface area contributed by atoms with Crippen LogP contribution in [0.25, 0.3) is 11.0 Å². The third-order valence-corrected chi connectivity index (χ3v) is 10.9. The van der Waals surface area contributed by atoms with E-state index in [2.05, 4.69) is 5.32 Å². The molecule has 1 aromatic heterocycles. The van der Waals surface area contributed by atoms with Crippen molar-refractivity contribution in [3.63, 3.8) is 0 Å². The minimum Gasteiger partial charge on any atom is -0.485 e. The van der Waals surface area contributed by atoms with Gasteiger partial charge in [0.15, 0.2) is 16.9 Å². The summed E-state index contributed by atoms with van der Waals surface area (Å²) in [7, 11) is 0. The minimum atomic E-state index is -2.32. The van der Waals surface area contributed by atoms with Gasteiger partial charge in [-0.05, 0) is 69.1 Å². The van der Waals surface area contributed by atoms with Gasteiger partial charge in [-0.3, -0.25) is 4.79 Å². The van der Waals surface area contributed by atoms with Crippen molar-refractivity contribution in [2.45, 2.75) is 107 Å². The summed E-state index contributed by atoms with van der Waals surface area (Å²) in [6, 6.07) is 3.96. The summed E-state index contributed by atoms with van der Waals surface area (Å²) < 4.78 is 30.0. The Kier molecular flexibility index (Phi) is 10.4. The third kappa shape index (κ3) is 6.25. The third-order valence-electron chi connectivity index (χ3n) is 10.9. The Hall–Kier alpha value is -2.49. The van der Waals surface area contributed by atoms with Gasteiger partial charge in [0.2, 0.25) is 12.0 Å². The molecule has 4 fully saturated rings. The molecular weight excluding hydrogens is 614 g/mol. The highest BCUT2D eigenvalue weighted by Gasteiger charge is 2.73. The van der Waals surface area contributed by atoms with Crippen LogP contribution in [0.2, 0.25) is 0 Å². The molecule has 13 heteroatoms. The second-order valence-corrected chi connectivity index (χ2v) is 13.6. The Morgan fingerprint density at radius 2 is 1.87 bits per heavy atom. The molecule has 0 amide bonds. The van der Waals surface area contributed by atoms with E-state index < -0.39 is 72.7 Å². The number of aliphatic hydroxyl groups excluding tert-OH is 4. The highest BCUT2D eigenvalue weighted by atomic mass is 16.7. The highest BCUT2D eigenvalue weighted by molar-refractivity contribution is 5.87. The van der Waals surface area contributed by atoms with Crippen LogP contribution in [-0.2, 0) is 20.7 Å². The zero-order chi connectivity index (χ0) is 33.3. The first kappa shape index (κ1) is 34.4. The van der Waals surface area contributed by atoms with Crippen LogP contribution in [0.4, 0.5) is 0 Å². The van der Waals surface area contributed by atoms with Gasteiger partial charge in [0, 0.05) is 42.8 Å². The van der Waals surface area contributed by atoms with E-state index in [1.165, 1.54) is 19.1 Å². The first-order chi connectivity index (χ1) is 22.6. The van der Waals surface area contributed by atoms with Crippen LogP contribution in [-0.4, -0.2) is 111 Å². The molecule has 3 saturated carbocycles. The Balaban J connectivity index is 1.40. The van der Waals surface area contributed by atoms with Crippen molar-refractivity contribution in [3.05, 3.63) is 24.0 Å². The Morgan fingerprint density at radius 1 is 1.09 bits per heavy atom. The number of furan rings is 1. The summed E-state index contributed by atoms with van der Waals surface area (Å²) in [6.07, 6.45) is 1.16. The lowest BCUT2D eigenvalue weighted by Gasteiger charge is -2.64. The molecule has 1 aliphatic heterocycles. The first-order valence-corrected chi connectivity index (χ1v) is 17.0. The number of nitrogens with one attached hydrogen (secondary N) is 1. The van der Waals surface area contributed by atoms with E-state index in [1.54, 1.807) is 19.1 Å². The maximum absolute atomic E-state index is 12.6. The molecule has 0 unspecified atom stereocenters. The quantitative estimate of drug-likeness (QED) is 0.119. The topological polar surface area (TPSA) is 201 Å². The van der Waals surface area contributed by atoms with E-state index in [0.29, 0.717) is 42.0 Å². The Morgan fingerprint density at radius 3 is 2.60 bits per heavy atom. The van der Waals surface area contributed by atoms with Gasteiger partial charge in [-0.1, -0.05) is 12.8 Å². The molecule has 0 radical (unpaired) electrons. The number of aryl methyl sites for hydroxylation is 1. The molecule has 1 saturated heterocycles. The van der Waals surface area contributed by atoms with Crippen LogP contribution in [0.1, 0.15) is 63.9 Å². The average molecular weight is 664 g/mol. The monoisotopic (exact) mass is 663 g/mol. The van der Waals surface area contributed by atoms with Crippen molar-refractivity contribution in [1.29, 1.82) is 0 Å². The largest absolute Gasteiger partial charge is 0.485 e. The van der Waals surface area contributed by atoms with Gasteiger partial charge in [-0.25, -0.2) is 0 Å². The Bertz CT molecular complexity index is 1380. The molecule has 9 atom stereocenters. The molecule has 262 valence electrons. The van der Waals surface area contributed by atoms with E-state index in [9.17, 15) is 35.4 Å². The number of fused-ring (bicyclic) bond motifs is 5. The molecule has 6 rings (SSSR count). The number of hydrogen-bond acceptors (Lipinski definition) is 13. The number of carbonyl (C=O) groups excluding carboxylic acids is 1. The van der Waals surface area contributed by atoms with Gasteiger partial charge in [-0.2, -0.15) is 0 Å². The normalized spacial score (nSPS) is 35.5. The summed E-state index contributed by atoms with van der Waals surface area (Å²) >= 11 is 0. The zero-order valence-corrected chi connectivity index (χ0v) is 26.9. The second-order valence-electron chi connectivity index (χ2n) is 13.6. The number of benzene rings is 1. The summed E-state index contributed by atoms with van der Waals surface area (Å²) in [5, 5.41) is 71.8. The predicted molar refractivity (Wildman–Crippen MR) is 167 cm³/mol. The molecule has 1 aromatic carbocycles. The van der Waals surface area contributed by atoms with Crippen LogP contribution in [0.15, 0.2) is 22.8 Å². The molecule has 2 bridgehead atoms. The summed E-state index contributed by atoms with van der Waals surface area (Å²) in [5.74, 6) is -2.30. The van der Waals surface area contributed by atoms with E-state index in [-0.39, 0.29) is 44.0 Å². The lowest BCUT2D eigenvalue weighted by atomic mass is 9.51. The average Bonchev–Trinajstić information content (AvgIpc) is 3.75. The number of hydrogen-bond donors (Lipinski definition) is 7. The van der Waals surface area contributed by atoms with Crippen molar-refractivity contribution in [3.8, 4) is 11.5 Å². The van der Waals surface area contributed by atoms with E-state index in [4.69, 9.17) is 23.4 Å². The second kappa shape index (κ2) is 14.2. The molecule has 4 aliphatic rings. The van der Waals surface area contributed by atoms with Crippen LogP contribution in [0.5, 0.6) is 11.5 Å². The maximum atomic E-state index is 12.6. The lowest BCUT2D eigenvalue weighted by molar-refractivity contribution is -0.397.